The molecule has 20 heavy (non-hydrogen) atoms. The zero-order valence-corrected chi connectivity index (χ0v) is 10.2. The molecule has 3 nitrogen and oxygen atoms in total. The molecule has 2 aromatic carbocycles. The highest BCUT2D eigenvalue weighted by atomic mass is 19.1. The lowest BCUT2D eigenvalue weighted by molar-refractivity contribution is 0.298. The van der Waals surface area contributed by atoms with Crippen molar-refractivity contribution in [2.24, 2.45) is 0 Å². The average Bonchev–Trinajstić information content (AvgIpc) is 2.46. The maximum atomic E-state index is 13.8. The van der Waals surface area contributed by atoms with Crippen LogP contribution in [0.1, 0.15) is 16.7 Å². The molecule has 98 valence electrons. The summed E-state index contributed by atoms with van der Waals surface area (Å²) in [5.41, 5.74) is 0.0425. The van der Waals surface area contributed by atoms with Crippen LogP contribution >= 0.6 is 0 Å². The second-order valence-electron chi connectivity index (χ2n) is 3.93. The second-order valence-corrected chi connectivity index (χ2v) is 3.93. The van der Waals surface area contributed by atoms with Crippen LogP contribution in [-0.4, -0.2) is 0 Å². The predicted molar refractivity (Wildman–Crippen MR) is 66.6 cm³/mol. The van der Waals surface area contributed by atoms with Crippen LogP contribution in [-0.2, 0) is 6.61 Å². The first kappa shape index (κ1) is 13.5. The molecule has 0 N–H and O–H groups in total. The Bertz CT molecular complexity index is 730. The van der Waals surface area contributed by atoms with E-state index in [1.165, 1.54) is 24.3 Å². The maximum Gasteiger partial charge on any atom is 0.147 e. The van der Waals surface area contributed by atoms with Crippen LogP contribution < -0.4 is 4.74 Å². The molecule has 0 fully saturated rings. The largest absolute Gasteiger partial charge is 0.489 e. The predicted octanol–water partition coefficient (Wildman–Crippen LogP) is 3.29. The lowest BCUT2D eigenvalue weighted by atomic mass is 10.1. The molecule has 0 aliphatic rings. The molecule has 2 aromatic rings. The zero-order valence-electron chi connectivity index (χ0n) is 10.2. The van der Waals surface area contributed by atoms with Crippen molar-refractivity contribution in [1.82, 2.24) is 0 Å². The Morgan fingerprint density at radius 1 is 1.00 bits per heavy atom. The highest BCUT2D eigenvalue weighted by Gasteiger charge is 2.09. The number of benzene rings is 2. The quantitative estimate of drug-likeness (QED) is 0.859. The Kier molecular flexibility index (Phi) is 3.93. The minimum atomic E-state index is -0.698. The third-order valence-corrected chi connectivity index (χ3v) is 2.65. The summed E-state index contributed by atoms with van der Waals surface area (Å²) in [7, 11) is 0. The number of hydrogen-bond acceptors (Lipinski definition) is 3. The van der Waals surface area contributed by atoms with Gasteiger partial charge in [0.1, 0.15) is 36.1 Å². The second kappa shape index (κ2) is 5.81. The zero-order chi connectivity index (χ0) is 14.5. The van der Waals surface area contributed by atoms with E-state index in [0.717, 1.165) is 6.07 Å². The van der Waals surface area contributed by atoms with Gasteiger partial charge >= 0.3 is 0 Å². The molecule has 0 atom stereocenters. The topological polar surface area (TPSA) is 56.8 Å². The van der Waals surface area contributed by atoms with Crippen LogP contribution in [0.25, 0.3) is 0 Å². The van der Waals surface area contributed by atoms with Crippen molar-refractivity contribution in [2.75, 3.05) is 0 Å². The third-order valence-electron chi connectivity index (χ3n) is 2.65. The molecule has 5 heteroatoms. The van der Waals surface area contributed by atoms with Crippen LogP contribution in [0.2, 0.25) is 0 Å². The van der Waals surface area contributed by atoms with E-state index >= 15 is 0 Å². The minimum Gasteiger partial charge on any atom is -0.489 e. The fraction of sp³-hybridized carbons (Fsp3) is 0.0667. The smallest absolute Gasteiger partial charge is 0.147 e. The van der Waals surface area contributed by atoms with Crippen molar-refractivity contribution in [1.29, 1.82) is 10.5 Å². The number of rotatable bonds is 3. The van der Waals surface area contributed by atoms with Gasteiger partial charge in [0.15, 0.2) is 0 Å². The number of nitriles is 2. The van der Waals surface area contributed by atoms with Gasteiger partial charge < -0.3 is 4.74 Å². The van der Waals surface area contributed by atoms with Crippen molar-refractivity contribution in [3.63, 3.8) is 0 Å². The van der Waals surface area contributed by atoms with Gasteiger partial charge in [0.05, 0.1) is 11.1 Å². The van der Waals surface area contributed by atoms with E-state index < -0.39 is 11.6 Å². The van der Waals surface area contributed by atoms with Gasteiger partial charge in [-0.1, -0.05) is 12.1 Å². The summed E-state index contributed by atoms with van der Waals surface area (Å²) < 4.78 is 32.4. The van der Waals surface area contributed by atoms with Crippen LogP contribution in [0.5, 0.6) is 5.75 Å². The standard InChI is InChI=1S/C15H8F2N2O/c16-14-6-13(5-4-10(14)7-18)20-9-12-3-1-2-11(8-19)15(12)17/h1-6H,9H2. The molecule has 0 saturated heterocycles. The molecule has 0 radical (unpaired) electrons. The van der Waals surface area contributed by atoms with Gasteiger partial charge in [0.2, 0.25) is 0 Å². The molecular formula is C15H8F2N2O. The molecule has 0 aliphatic carbocycles. The normalized spacial score (nSPS) is 9.60. The van der Waals surface area contributed by atoms with Gasteiger partial charge in [-0.05, 0) is 18.2 Å². The molecule has 0 amide bonds. The van der Waals surface area contributed by atoms with Gasteiger partial charge in [-0.25, -0.2) is 8.78 Å². The molecule has 0 unspecified atom stereocenters. The van der Waals surface area contributed by atoms with Crippen molar-refractivity contribution in [3.05, 3.63) is 64.7 Å². The van der Waals surface area contributed by atoms with E-state index in [-0.39, 0.29) is 29.0 Å². The third kappa shape index (κ3) is 2.73. The number of ether oxygens (including phenoxy) is 1. The Hall–Kier alpha value is -2.92. The summed E-state index contributed by atoms with van der Waals surface area (Å²) in [6.07, 6.45) is 0. The number of halogens is 2. The molecular weight excluding hydrogens is 262 g/mol. The summed E-state index contributed by atoms with van der Waals surface area (Å²) in [6.45, 7) is -0.132. The van der Waals surface area contributed by atoms with Crippen LogP contribution in [0, 0.1) is 34.3 Å². The summed E-state index contributed by atoms with van der Waals surface area (Å²) in [5.74, 6) is -1.16. The van der Waals surface area contributed by atoms with Crippen molar-refractivity contribution >= 4 is 0 Å². The van der Waals surface area contributed by atoms with E-state index in [2.05, 4.69) is 0 Å². The highest BCUT2D eigenvalue weighted by Crippen LogP contribution is 2.19. The van der Waals surface area contributed by atoms with Crippen molar-refractivity contribution in [2.45, 2.75) is 6.61 Å². The first-order valence-electron chi connectivity index (χ1n) is 5.65. The highest BCUT2D eigenvalue weighted by molar-refractivity contribution is 5.37. The molecule has 0 spiro atoms. The fourth-order valence-electron chi connectivity index (χ4n) is 1.61. The van der Waals surface area contributed by atoms with Crippen molar-refractivity contribution in [3.8, 4) is 17.9 Å². The van der Waals surface area contributed by atoms with Crippen LogP contribution in [0.3, 0.4) is 0 Å². The summed E-state index contributed by atoms with van der Waals surface area (Å²) >= 11 is 0. The first-order chi connectivity index (χ1) is 9.65. The van der Waals surface area contributed by atoms with Gasteiger partial charge in [-0.15, -0.1) is 0 Å². The molecule has 0 bridgehead atoms. The Labute approximate surface area is 114 Å². The lowest BCUT2D eigenvalue weighted by Crippen LogP contribution is -2.00. The Morgan fingerprint density at radius 3 is 2.40 bits per heavy atom. The van der Waals surface area contributed by atoms with Crippen LogP contribution in [0.15, 0.2) is 36.4 Å². The Morgan fingerprint density at radius 2 is 1.75 bits per heavy atom. The van der Waals surface area contributed by atoms with E-state index in [9.17, 15) is 8.78 Å². The van der Waals surface area contributed by atoms with Gasteiger partial charge in [0.25, 0.3) is 0 Å². The minimum absolute atomic E-state index is 0.0721. The van der Waals surface area contributed by atoms with E-state index in [4.69, 9.17) is 15.3 Å². The van der Waals surface area contributed by atoms with E-state index in [1.54, 1.807) is 18.2 Å². The summed E-state index contributed by atoms with van der Waals surface area (Å²) in [4.78, 5) is 0. The SMILES string of the molecule is N#Cc1ccc(OCc2cccc(C#N)c2F)cc1F. The number of hydrogen-bond donors (Lipinski definition) is 0. The molecule has 0 saturated carbocycles. The lowest BCUT2D eigenvalue weighted by Gasteiger charge is -2.08. The molecule has 0 heterocycles. The van der Waals surface area contributed by atoms with Gasteiger partial charge in [-0.2, -0.15) is 10.5 Å². The summed E-state index contributed by atoms with van der Waals surface area (Å²) in [5, 5.41) is 17.3. The molecule has 0 aliphatic heterocycles. The summed E-state index contributed by atoms with van der Waals surface area (Å²) in [6, 6.07) is 11.6. The fourth-order valence-corrected chi connectivity index (χ4v) is 1.61. The molecule has 2 rings (SSSR count). The first-order valence-corrected chi connectivity index (χ1v) is 5.65. The van der Waals surface area contributed by atoms with E-state index in [0.29, 0.717) is 0 Å². The average molecular weight is 270 g/mol. The molecule has 0 aromatic heterocycles. The van der Waals surface area contributed by atoms with Crippen LogP contribution in [0.4, 0.5) is 8.78 Å². The Balaban J connectivity index is 2.16. The maximum absolute atomic E-state index is 13.8. The van der Waals surface area contributed by atoms with Crippen molar-refractivity contribution < 1.29 is 13.5 Å². The van der Waals surface area contributed by atoms with Gasteiger partial charge in [0, 0.05) is 11.6 Å². The monoisotopic (exact) mass is 270 g/mol. The number of nitrogens with zero attached hydrogens (tertiary/aromatic N) is 2. The van der Waals surface area contributed by atoms with E-state index in [1.807, 2.05) is 0 Å². The van der Waals surface area contributed by atoms with Gasteiger partial charge in [-0.3, -0.25) is 0 Å².